The lowest BCUT2D eigenvalue weighted by Crippen LogP contribution is -2.35. The monoisotopic (exact) mass is 512 g/mol. The first-order valence-corrected chi connectivity index (χ1v) is 12.4. The molecular weight excluding hydrogens is 480 g/mol. The average Bonchev–Trinajstić information content (AvgIpc) is 3.19. The lowest BCUT2D eigenvalue weighted by molar-refractivity contribution is -0.140. The van der Waals surface area contributed by atoms with Crippen LogP contribution in [0.3, 0.4) is 0 Å². The summed E-state index contributed by atoms with van der Waals surface area (Å²) in [6, 6.07) is 23.1. The molecule has 4 rings (SSSR count). The number of nitrogens with zero attached hydrogens (tertiary/aromatic N) is 2. The van der Waals surface area contributed by atoms with Crippen LogP contribution in [0.25, 0.3) is 5.76 Å². The van der Waals surface area contributed by atoms with Crippen molar-refractivity contribution < 1.29 is 24.2 Å². The van der Waals surface area contributed by atoms with E-state index in [1.807, 2.05) is 61.5 Å². The molecule has 1 heterocycles. The number of aliphatic hydroxyl groups is 1. The maximum absolute atomic E-state index is 13.2. The lowest BCUT2D eigenvalue weighted by Gasteiger charge is -2.26. The first-order valence-electron chi connectivity index (χ1n) is 12.4. The molecule has 7 nitrogen and oxygen atoms in total. The Balaban J connectivity index is 1.64. The van der Waals surface area contributed by atoms with Crippen LogP contribution in [0, 0.1) is 0 Å². The second-order valence-electron chi connectivity index (χ2n) is 9.26. The second kappa shape index (κ2) is 12.3. The van der Waals surface area contributed by atoms with Gasteiger partial charge in [0.2, 0.25) is 0 Å². The molecule has 1 aliphatic heterocycles. The van der Waals surface area contributed by atoms with Crippen LogP contribution in [-0.2, 0) is 16.2 Å². The average molecular weight is 513 g/mol. The maximum atomic E-state index is 13.2. The Morgan fingerprint density at radius 2 is 1.58 bits per heavy atom. The van der Waals surface area contributed by atoms with Crippen LogP contribution in [-0.4, -0.2) is 60.4 Å². The van der Waals surface area contributed by atoms with E-state index in [2.05, 4.69) is 6.58 Å². The van der Waals surface area contributed by atoms with E-state index in [9.17, 15) is 14.7 Å². The number of hydrogen-bond donors (Lipinski definition) is 1. The number of amides is 1. The molecule has 1 aliphatic rings. The van der Waals surface area contributed by atoms with Crippen molar-refractivity contribution in [2.24, 2.45) is 0 Å². The SMILES string of the molecule is C=CCOc1ccc(C2C(=C(O)c3ccc(OCc4ccccc4)cc3)C(=O)C(=O)N2CCN(C)C)cc1. The van der Waals surface area contributed by atoms with Crippen LogP contribution >= 0.6 is 0 Å². The molecule has 196 valence electrons. The third kappa shape index (κ3) is 6.12. The predicted octanol–water partition coefficient (Wildman–Crippen LogP) is 4.81. The molecule has 1 amide bonds. The number of benzene rings is 3. The number of ether oxygens (including phenoxy) is 2. The number of ketones is 1. The summed E-state index contributed by atoms with van der Waals surface area (Å²) in [5, 5.41) is 11.3. The summed E-state index contributed by atoms with van der Waals surface area (Å²) in [6.45, 7) is 5.33. The Hall–Kier alpha value is -4.36. The van der Waals surface area contributed by atoms with E-state index in [4.69, 9.17) is 9.47 Å². The Labute approximate surface area is 223 Å². The first kappa shape index (κ1) is 26.7. The van der Waals surface area contributed by atoms with Crippen molar-refractivity contribution in [2.75, 3.05) is 33.8 Å². The van der Waals surface area contributed by atoms with E-state index in [1.165, 1.54) is 4.90 Å². The van der Waals surface area contributed by atoms with E-state index < -0.39 is 17.7 Å². The molecule has 1 fully saturated rings. The zero-order valence-corrected chi connectivity index (χ0v) is 21.7. The van der Waals surface area contributed by atoms with E-state index in [0.29, 0.717) is 48.9 Å². The highest BCUT2D eigenvalue weighted by Gasteiger charge is 2.45. The number of hydrogen-bond acceptors (Lipinski definition) is 6. The van der Waals surface area contributed by atoms with Crippen LogP contribution in [0.4, 0.5) is 0 Å². The minimum Gasteiger partial charge on any atom is -0.507 e. The molecule has 3 aromatic carbocycles. The maximum Gasteiger partial charge on any atom is 0.295 e. The molecule has 0 radical (unpaired) electrons. The Kier molecular flexibility index (Phi) is 8.61. The molecule has 0 bridgehead atoms. The van der Waals surface area contributed by atoms with E-state index in [0.717, 1.165) is 5.56 Å². The number of likely N-dealkylation sites (N-methyl/N-ethyl adjacent to an activating group) is 1. The van der Waals surface area contributed by atoms with Crippen LogP contribution < -0.4 is 9.47 Å². The normalized spacial score (nSPS) is 16.6. The summed E-state index contributed by atoms with van der Waals surface area (Å²) in [6.07, 6.45) is 1.65. The molecular formula is C31H32N2O5. The summed E-state index contributed by atoms with van der Waals surface area (Å²) in [7, 11) is 3.80. The van der Waals surface area contributed by atoms with Gasteiger partial charge in [-0.25, -0.2) is 0 Å². The molecule has 0 aromatic heterocycles. The Bertz CT molecular complexity index is 1300. The number of carbonyl (C=O) groups is 2. The van der Waals surface area contributed by atoms with Gasteiger partial charge in [0.15, 0.2) is 0 Å². The Morgan fingerprint density at radius 3 is 2.21 bits per heavy atom. The van der Waals surface area contributed by atoms with Crippen molar-refractivity contribution in [1.29, 1.82) is 0 Å². The van der Waals surface area contributed by atoms with Gasteiger partial charge in [0, 0.05) is 18.7 Å². The van der Waals surface area contributed by atoms with Gasteiger partial charge in [0.05, 0.1) is 11.6 Å². The fourth-order valence-electron chi connectivity index (χ4n) is 4.27. The van der Waals surface area contributed by atoms with Crippen LogP contribution in [0.5, 0.6) is 11.5 Å². The molecule has 0 saturated carbocycles. The van der Waals surface area contributed by atoms with Gasteiger partial charge in [-0.15, -0.1) is 0 Å². The molecule has 1 unspecified atom stereocenters. The smallest absolute Gasteiger partial charge is 0.295 e. The molecule has 1 atom stereocenters. The highest BCUT2D eigenvalue weighted by atomic mass is 16.5. The summed E-state index contributed by atoms with van der Waals surface area (Å²) in [4.78, 5) is 29.8. The van der Waals surface area contributed by atoms with E-state index in [1.54, 1.807) is 42.5 Å². The predicted molar refractivity (Wildman–Crippen MR) is 147 cm³/mol. The molecule has 1 N–H and O–H groups in total. The van der Waals surface area contributed by atoms with Crippen LogP contribution in [0.1, 0.15) is 22.7 Å². The van der Waals surface area contributed by atoms with Gasteiger partial charge in [-0.1, -0.05) is 55.1 Å². The highest BCUT2D eigenvalue weighted by molar-refractivity contribution is 6.46. The molecule has 1 saturated heterocycles. The second-order valence-corrected chi connectivity index (χ2v) is 9.26. The summed E-state index contributed by atoms with van der Waals surface area (Å²) < 4.78 is 11.4. The van der Waals surface area contributed by atoms with Crippen molar-refractivity contribution in [3.63, 3.8) is 0 Å². The van der Waals surface area contributed by atoms with Gasteiger partial charge < -0.3 is 24.4 Å². The molecule has 7 heteroatoms. The van der Waals surface area contributed by atoms with Crippen molar-refractivity contribution in [3.05, 3.63) is 114 Å². The van der Waals surface area contributed by atoms with Crippen molar-refractivity contribution >= 4 is 17.4 Å². The molecule has 0 spiro atoms. The third-order valence-electron chi connectivity index (χ3n) is 6.27. The van der Waals surface area contributed by atoms with E-state index in [-0.39, 0.29) is 11.3 Å². The topological polar surface area (TPSA) is 79.3 Å². The quantitative estimate of drug-likeness (QED) is 0.172. The number of likely N-dealkylation sites (tertiary alicyclic amines) is 1. The number of Topliss-reactive ketones (excluding diaryl/α,β-unsaturated/α-hetero) is 1. The number of rotatable bonds is 11. The van der Waals surface area contributed by atoms with Gasteiger partial charge in [-0.2, -0.15) is 0 Å². The number of carbonyl (C=O) groups excluding carboxylic acids is 2. The fraction of sp³-hybridized carbons (Fsp3) is 0.226. The number of aliphatic hydroxyl groups excluding tert-OH is 1. The minimum absolute atomic E-state index is 0.0615. The van der Waals surface area contributed by atoms with Crippen molar-refractivity contribution in [2.45, 2.75) is 12.6 Å². The van der Waals surface area contributed by atoms with Gasteiger partial charge >= 0.3 is 0 Å². The van der Waals surface area contributed by atoms with Crippen molar-refractivity contribution in [1.82, 2.24) is 9.80 Å². The summed E-state index contributed by atoms with van der Waals surface area (Å²) >= 11 is 0. The minimum atomic E-state index is -0.725. The zero-order chi connectivity index (χ0) is 27.1. The third-order valence-corrected chi connectivity index (χ3v) is 6.27. The van der Waals surface area contributed by atoms with Gasteiger partial charge in [0.25, 0.3) is 11.7 Å². The molecule has 0 aliphatic carbocycles. The zero-order valence-electron chi connectivity index (χ0n) is 21.7. The van der Waals surface area contributed by atoms with Crippen LogP contribution in [0.15, 0.2) is 97.1 Å². The van der Waals surface area contributed by atoms with Gasteiger partial charge in [0.1, 0.15) is 30.5 Å². The first-order chi connectivity index (χ1) is 18.4. The summed E-state index contributed by atoms with van der Waals surface area (Å²) in [5.41, 5.74) is 2.24. The highest BCUT2D eigenvalue weighted by Crippen LogP contribution is 2.39. The van der Waals surface area contributed by atoms with Gasteiger partial charge in [-0.3, -0.25) is 9.59 Å². The molecule has 3 aromatic rings. The largest absolute Gasteiger partial charge is 0.507 e. The fourth-order valence-corrected chi connectivity index (χ4v) is 4.27. The Morgan fingerprint density at radius 1 is 0.947 bits per heavy atom. The lowest BCUT2D eigenvalue weighted by atomic mass is 9.95. The van der Waals surface area contributed by atoms with E-state index >= 15 is 0 Å². The standard InChI is InChI=1S/C31H32N2O5/c1-4-20-37-25-14-10-23(11-15-25)28-27(30(35)31(36)33(28)19-18-32(2)3)29(34)24-12-16-26(17-13-24)38-21-22-8-6-5-7-9-22/h4-17,28,34H,1,18-21H2,2-3H3. The van der Waals surface area contributed by atoms with Gasteiger partial charge in [-0.05, 0) is 61.6 Å². The van der Waals surface area contributed by atoms with Crippen LogP contribution in [0.2, 0.25) is 0 Å². The van der Waals surface area contributed by atoms with Crippen molar-refractivity contribution in [3.8, 4) is 11.5 Å². The summed E-state index contributed by atoms with van der Waals surface area (Å²) in [5.74, 6) is -0.286. The molecule has 38 heavy (non-hydrogen) atoms.